The van der Waals surface area contributed by atoms with Crippen molar-refractivity contribution in [3.8, 4) is 11.5 Å². The summed E-state index contributed by atoms with van der Waals surface area (Å²) in [6.07, 6.45) is 0. The highest BCUT2D eigenvalue weighted by molar-refractivity contribution is 6.06. The molecule has 0 bridgehead atoms. The summed E-state index contributed by atoms with van der Waals surface area (Å²) in [5, 5.41) is 8.28. The molecule has 0 aromatic heterocycles. The molecule has 0 unspecified atom stereocenters. The third-order valence-corrected chi connectivity index (χ3v) is 4.09. The average molecular weight is 391 g/mol. The molecule has 7 nitrogen and oxygen atoms in total. The fourth-order valence-electron chi connectivity index (χ4n) is 2.64. The van der Waals surface area contributed by atoms with Gasteiger partial charge in [-0.15, -0.1) is 0 Å². The summed E-state index contributed by atoms with van der Waals surface area (Å²) in [6.45, 7) is 0. The number of hydrogen-bond donors (Lipinski definition) is 3. The van der Waals surface area contributed by atoms with Crippen molar-refractivity contribution in [1.82, 2.24) is 0 Å². The van der Waals surface area contributed by atoms with Gasteiger partial charge in [0.2, 0.25) is 0 Å². The van der Waals surface area contributed by atoms with E-state index in [-0.39, 0.29) is 11.9 Å². The highest BCUT2D eigenvalue weighted by atomic mass is 16.5. The van der Waals surface area contributed by atoms with Crippen LogP contribution in [0.5, 0.6) is 11.5 Å². The van der Waals surface area contributed by atoms with Crippen LogP contribution in [0.4, 0.5) is 21.9 Å². The summed E-state index contributed by atoms with van der Waals surface area (Å²) >= 11 is 0. The first-order chi connectivity index (χ1) is 14.1. The van der Waals surface area contributed by atoms with Crippen LogP contribution in [0.15, 0.2) is 72.8 Å². The number of rotatable bonds is 6. The molecule has 0 aliphatic carbocycles. The molecular weight excluding hydrogens is 370 g/mol. The number of carbonyl (C=O) groups excluding carboxylic acids is 2. The van der Waals surface area contributed by atoms with Gasteiger partial charge in [0.05, 0.1) is 19.8 Å². The molecule has 0 spiro atoms. The lowest BCUT2D eigenvalue weighted by Gasteiger charge is -2.11. The predicted octanol–water partition coefficient (Wildman–Crippen LogP) is 4.60. The molecule has 7 heteroatoms. The van der Waals surface area contributed by atoms with Gasteiger partial charge in [0, 0.05) is 23.1 Å². The van der Waals surface area contributed by atoms with E-state index in [0.29, 0.717) is 34.1 Å². The minimum atomic E-state index is -0.351. The van der Waals surface area contributed by atoms with Crippen LogP contribution < -0.4 is 25.4 Å². The summed E-state index contributed by atoms with van der Waals surface area (Å²) in [6, 6.07) is 20.6. The Morgan fingerprint density at radius 3 is 1.86 bits per heavy atom. The number of amides is 3. The standard InChI is InChI=1S/C22H21N3O4/c1-28-18-12-13-19(20(14-18)29-2)21(26)23-16-8-10-17(11-9-16)25-22(27)24-15-6-4-3-5-7-15/h3-14H,1-2H3,(H,23,26)(H2,24,25,27). The topological polar surface area (TPSA) is 88.7 Å². The van der Waals surface area contributed by atoms with Gasteiger partial charge in [-0.2, -0.15) is 0 Å². The molecule has 0 saturated heterocycles. The number of methoxy groups -OCH3 is 2. The van der Waals surface area contributed by atoms with E-state index < -0.39 is 0 Å². The Bertz CT molecular complexity index is 989. The Hall–Kier alpha value is -4.00. The number of urea groups is 1. The van der Waals surface area contributed by atoms with Crippen LogP contribution in [0, 0.1) is 0 Å². The zero-order chi connectivity index (χ0) is 20.6. The molecule has 3 aromatic carbocycles. The molecule has 29 heavy (non-hydrogen) atoms. The number of hydrogen-bond acceptors (Lipinski definition) is 4. The van der Waals surface area contributed by atoms with Gasteiger partial charge in [-0.3, -0.25) is 4.79 Å². The molecule has 0 fully saturated rings. The van der Waals surface area contributed by atoms with Crippen molar-refractivity contribution in [3.63, 3.8) is 0 Å². The Labute approximate surface area is 168 Å². The first kappa shape index (κ1) is 19.8. The van der Waals surface area contributed by atoms with Crippen molar-refractivity contribution in [1.29, 1.82) is 0 Å². The monoisotopic (exact) mass is 391 g/mol. The van der Waals surface area contributed by atoms with Crippen LogP contribution in [-0.2, 0) is 0 Å². The van der Waals surface area contributed by atoms with Crippen molar-refractivity contribution >= 4 is 29.0 Å². The fraction of sp³-hybridized carbons (Fsp3) is 0.0909. The number of nitrogens with one attached hydrogen (secondary N) is 3. The van der Waals surface area contributed by atoms with Crippen molar-refractivity contribution in [2.45, 2.75) is 0 Å². The predicted molar refractivity (Wildman–Crippen MR) is 113 cm³/mol. The van der Waals surface area contributed by atoms with Crippen LogP contribution in [0.2, 0.25) is 0 Å². The second-order valence-electron chi connectivity index (χ2n) is 6.04. The van der Waals surface area contributed by atoms with Crippen LogP contribution in [0.1, 0.15) is 10.4 Å². The molecule has 0 aliphatic rings. The van der Waals surface area contributed by atoms with Crippen molar-refractivity contribution in [2.24, 2.45) is 0 Å². The van der Waals surface area contributed by atoms with E-state index in [1.807, 2.05) is 18.2 Å². The van der Waals surface area contributed by atoms with E-state index in [1.165, 1.54) is 7.11 Å². The molecule has 3 aromatic rings. The molecule has 0 heterocycles. The van der Waals surface area contributed by atoms with Gasteiger partial charge in [-0.1, -0.05) is 18.2 Å². The smallest absolute Gasteiger partial charge is 0.323 e. The maximum Gasteiger partial charge on any atom is 0.323 e. The molecule has 0 aliphatic heterocycles. The van der Waals surface area contributed by atoms with Gasteiger partial charge in [-0.05, 0) is 48.5 Å². The zero-order valence-corrected chi connectivity index (χ0v) is 16.1. The molecule has 3 amide bonds. The average Bonchev–Trinajstić information content (AvgIpc) is 2.75. The number of ether oxygens (including phenoxy) is 2. The van der Waals surface area contributed by atoms with Crippen LogP contribution in [-0.4, -0.2) is 26.2 Å². The highest BCUT2D eigenvalue weighted by Gasteiger charge is 2.13. The largest absolute Gasteiger partial charge is 0.497 e. The maximum absolute atomic E-state index is 12.5. The minimum absolute atomic E-state index is 0.313. The van der Waals surface area contributed by atoms with Gasteiger partial charge in [0.25, 0.3) is 5.91 Å². The maximum atomic E-state index is 12.5. The summed E-state index contributed by atoms with van der Waals surface area (Å²) in [4.78, 5) is 24.6. The third kappa shape index (κ3) is 5.26. The highest BCUT2D eigenvalue weighted by Crippen LogP contribution is 2.25. The summed E-state index contributed by atoms with van der Waals surface area (Å²) in [7, 11) is 3.04. The summed E-state index contributed by atoms with van der Waals surface area (Å²) in [5.41, 5.74) is 2.26. The Kier molecular flexibility index (Phi) is 6.32. The van der Waals surface area contributed by atoms with E-state index in [4.69, 9.17) is 9.47 Å². The molecule has 0 saturated carbocycles. The number of benzene rings is 3. The third-order valence-electron chi connectivity index (χ3n) is 4.09. The van der Waals surface area contributed by atoms with Crippen molar-refractivity contribution in [3.05, 3.63) is 78.4 Å². The SMILES string of the molecule is COc1ccc(C(=O)Nc2ccc(NC(=O)Nc3ccccc3)cc2)c(OC)c1. The normalized spacial score (nSPS) is 10.0. The summed E-state index contributed by atoms with van der Waals surface area (Å²) < 4.78 is 10.4. The van der Waals surface area contributed by atoms with Crippen LogP contribution in [0.25, 0.3) is 0 Å². The Morgan fingerprint density at radius 1 is 0.690 bits per heavy atom. The van der Waals surface area contributed by atoms with Gasteiger partial charge in [0.1, 0.15) is 11.5 Å². The lowest BCUT2D eigenvalue weighted by Crippen LogP contribution is -2.19. The second-order valence-corrected chi connectivity index (χ2v) is 6.04. The molecule has 3 rings (SSSR count). The molecular formula is C22H21N3O4. The molecule has 3 N–H and O–H groups in total. The molecule has 148 valence electrons. The van der Waals surface area contributed by atoms with E-state index in [0.717, 1.165) is 0 Å². The van der Waals surface area contributed by atoms with E-state index in [2.05, 4.69) is 16.0 Å². The summed E-state index contributed by atoms with van der Waals surface area (Å²) in [5.74, 6) is 0.701. The van der Waals surface area contributed by atoms with E-state index in [9.17, 15) is 9.59 Å². The first-order valence-electron chi connectivity index (χ1n) is 8.85. The lowest BCUT2D eigenvalue weighted by atomic mass is 10.1. The van der Waals surface area contributed by atoms with E-state index >= 15 is 0 Å². The number of para-hydroxylation sites is 1. The van der Waals surface area contributed by atoms with E-state index in [1.54, 1.807) is 61.7 Å². The van der Waals surface area contributed by atoms with Gasteiger partial charge in [-0.25, -0.2) is 4.79 Å². The minimum Gasteiger partial charge on any atom is -0.497 e. The molecule has 0 radical (unpaired) electrons. The Morgan fingerprint density at radius 2 is 1.28 bits per heavy atom. The van der Waals surface area contributed by atoms with Crippen LogP contribution >= 0.6 is 0 Å². The Balaban J connectivity index is 1.61. The quantitative estimate of drug-likeness (QED) is 0.573. The van der Waals surface area contributed by atoms with Crippen LogP contribution in [0.3, 0.4) is 0 Å². The lowest BCUT2D eigenvalue weighted by molar-refractivity contribution is 0.102. The fourth-order valence-corrected chi connectivity index (χ4v) is 2.64. The van der Waals surface area contributed by atoms with Crippen molar-refractivity contribution in [2.75, 3.05) is 30.2 Å². The van der Waals surface area contributed by atoms with Gasteiger partial charge in [0.15, 0.2) is 0 Å². The zero-order valence-electron chi connectivity index (χ0n) is 16.1. The first-order valence-corrected chi connectivity index (χ1v) is 8.85. The molecule has 0 atom stereocenters. The van der Waals surface area contributed by atoms with Crippen molar-refractivity contribution < 1.29 is 19.1 Å². The number of anilines is 3. The number of carbonyl (C=O) groups is 2. The van der Waals surface area contributed by atoms with Gasteiger partial charge < -0.3 is 25.4 Å². The van der Waals surface area contributed by atoms with Gasteiger partial charge >= 0.3 is 6.03 Å². The second kappa shape index (κ2) is 9.27.